The molecule has 2 rings (SSSR count). The van der Waals surface area contributed by atoms with E-state index in [9.17, 15) is 4.79 Å². The van der Waals surface area contributed by atoms with Crippen molar-refractivity contribution < 1.29 is 9.90 Å². The number of hydrogen-bond donors (Lipinski definition) is 2. The molecule has 0 atom stereocenters. The Kier molecular flexibility index (Phi) is 3.93. The second-order valence-corrected chi connectivity index (χ2v) is 4.16. The van der Waals surface area contributed by atoms with Gasteiger partial charge in [0.05, 0.1) is 6.21 Å². The number of carbonyl (C=O) groups excluding carboxylic acids is 1. The molecule has 4 nitrogen and oxygen atoms in total. The lowest BCUT2D eigenvalue weighted by atomic mass is 10.2. The van der Waals surface area contributed by atoms with Crippen LogP contribution in [0.3, 0.4) is 0 Å². The molecule has 0 bridgehead atoms. The first-order valence-electron chi connectivity index (χ1n) is 5.84. The summed E-state index contributed by atoms with van der Waals surface area (Å²) in [6.07, 6.45) is 1.59. The lowest BCUT2D eigenvalue weighted by molar-refractivity contribution is 0.0955. The molecule has 0 fully saturated rings. The van der Waals surface area contributed by atoms with E-state index in [1.165, 1.54) is 24.3 Å². The maximum atomic E-state index is 11.7. The van der Waals surface area contributed by atoms with Crippen LogP contribution in [0.5, 0.6) is 5.75 Å². The maximum Gasteiger partial charge on any atom is 0.271 e. The van der Waals surface area contributed by atoms with Gasteiger partial charge >= 0.3 is 0 Å². The fraction of sp³-hybridized carbons (Fsp3) is 0.0667. The average molecular weight is 254 g/mol. The van der Waals surface area contributed by atoms with Crippen LogP contribution in [0.2, 0.25) is 0 Å². The zero-order valence-electron chi connectivity index (χ0n) is 10.5. The second kappa shape index (κ2) is 5.82. The molecule has 2 aromatic carbocycles. The number of benzene rings is 2. The monoisotopic (exact) mass is 254 g/mol. The fourth-order valence-electron chi connectivity index (χ4n) is 1.59. The Hall–Kier alpha value is -2.62. The Morgan fingerprint density at radius 2 is 1.95 bits per heavy atom. The number of hydrazone groups is 1. The molecule has 0 aliphatic heterocycles. The highest BCUT2D eigenvalue weighted by atomic mass is 16.3. The van der Waals surface area contributed by atoms with Gasteiger partial charge in [0.1, 0.15) is 5.75 Å². The largest absolute Gasteiger partial charge is 0.508 e. The van der Waals surface area contributed by atoms with Gasteiger partial charge in [0.25, 0.3) is 5.91 Å². The van der Waals surface area contributed by atoms with Gasteiger partial charge in [-0.3, -0.25) is 4.79 Å². The molecule has 0 saturated heterocycles. The lowest BCUT2D eigenvalue weighted by Gasteiger charge is -2.00. The van der Waals surface area contributed by atoms with E-state index in [1.54, 1.807) is 6.21 Å². The topological polar surface area (TPSA) is 61.7 Å². The fourth-order valence-corrected chi connectivity index (χ4v) is 1.59. The number of nitrogens with zero attached hydrogens (tertiary/aromatic N) is 1. The van der Waals surface area contributed by atoms with Crippen molar-refractivity contribution in [3.63, 3.8) is 0 Å². The highest BCUT2D eigenvalue weighted by Gasteiger charge is 2.02. The van der Waals surface area contributed by atoms with Gasteiger partial charge in [-0.2, -0.15) is 5.10 Å². The van der Waals surface area contributed by atoms with Gasteiger partial charge in [-0.05, 0) is 36.8 Å². The molecule has 96 valence electrons. The first-order valence-corrected chi connectivity index (χ1v) is 5.84. The number of nitrogens with one attached hydrogen (secondary N) is 1. The molecule has 2 aromatic rings. The smallest absolute Gasteiger partial charge is 0.271 e. The zero-order valence-corrected chi connectivity index (χ0v) is 10.5. The summed E-state index contributed by atoms with van der Waals surface area (Å²) in [5, 5.41) is 13.0. The van der Waals surface area contributed by atoms with Crippen LogP contribution in [0.1, 0.15) is 21.5 Å². The van der Waals surface area contributed by atoms with E-state index in [1.807, 2.05) is 31.2 Å². The second-order valence-electron chi connectivity index (χ2n) is 4.16. The number of phenols is 1. The van der Waals surface area contributed by atoms with Crippen LogP contribution >= 0.6 is 0 Å². The number of rotatable bonds is 3. The Labute approximate surface area is 111 Å². The first-order chi connectivity index (χ1) is 9.15. The molecular formula is C15H14N2O2. The molecule has 2 N–H and O–H groups in total. The first kappa shape index (κ1) is 12.8. The standard InChI is InChI=1S/C15H14N2O2/c1-11-3-2-4-12(9-11)10-16-17-15(19)13-5-7-14(18)8-6-13/h2-10,18H,1H3,(H,17,19)/b16-10+. The molecule has 0 spiro atoms. The highest BCUT2D eigenvalue weighted by Crippen LogP contribution is 2.09. The molecule has 0 heterocycles. The Bertz CT molecular complexity index is 604. The quantitative estimate of drug-likeness (QED) is 0.653. The molecule has 0 radical (unpaired) electrons. The number of amides is 1. The van der Waals surface area contributed by atoms with Crippen LogP contribution in [-0.2, 0) is 0 Å². The number of aryl methyl sites for hydroxylation is 1. The van der Waals surface area contributed by atoms with Crippen LogP contribution in [0.4, 0.5) is 0 Å². The predicted octanol–water partition coefficient (Wildman–Crippen LogP) is 2.46. The third kappa shape index (κ3) is 3.67. The van der Waals surface area contributed by atoms with E-state index >= 15 is 0 Å². The van der Waals surface area contributed by atoms with Crippen molar-refractivity contribution >= 4 is 12.1 Å². The molecule has 0 saturated carbocycles. The van der Waals surface area contributed by atoms with Gasteiger partial charge in [-0.25, -0.2) is 5.43 Å². The summed E-state index contributed by atoms with van der Waals surface area (Å²) >= 11 is 0. The molecule has 1 amide bonds. The van der Waals surface area contributed by atoms with Gasteiger partial charge in [-0.15, -0.1) is 0 Å². The lowest BCUT2D eigenvalue weighted by Crippen LogP contribution is -2.17. The summed E-state index contributed by atoms with van der Waals surface area (Å²) in [4.78, 5) is 11.7. The minimum atomic E-state index is -0.316. The van der Waals surface area contributed by atoms with Crippen molar-refractivity contribution in [2.45, 2.75) is 6.92 Å². The van der Waals surface area contributed by atoms with Gasteiger partial charge in [0.2, 0.25) is 0 Å². The number of phenolic OH excluding ortho intramolecular Hbond substituents is 1. The van der Waals surface area contributed by atoms with Gasteiger partial charge < -0.3 is 5.11 Å². The summed E-state index contributed by atoms with van der Waals surface area (Å²) in [7, 11) is 0. The summed E-state index contributed by atoms with van der Waals surface area (Å²) in [5.74, 6) is -0.191. The average Bonchev–Trinajstić information content (AvgIpc) is 2.39. The summed E-state index contributed by atoms with van der Waals surface area (Å²) in [6.45, 7) is 1.99. The van der Waals surface area contributed by atoms with Crippen LogP contribution < -0.4 is 5.43 Å². The number of carbonyl (C=O) groups is 1. The minimum absolute atomic E-state index is 0.125. The summed E-state index contributed by atoms with van der Waals surface area (Å²) in [6, 6.07) is 13.8. The maximum absolute atomic E-state index is 11.7. The molecule has 0 aliphatic rings. The van der Waals surface area contributed by atoms with Crippen LogP contribution in [0.15, 0.2) is 53.6 Å². The third-order valence-corrected chi connectivity index (χ3v) is 2.55. The Balaban J connectivity index is 1.98. The predicted molar refractivity (Wildman–Crippen MR) is 74.3 cm³/mol. The normalized spacial score (nSPS) is 10.6. The van der Waals surface area contributed by atoms with E-state index in [-0.39, 0.29) is 11.7 Å². The molecule has 0 unspecified atom stereocenters. The Morgan fingerprint density at radius 1 is 1.21 bits per heavy atom. The van der Waals surface area contributed by atoms with Crippen molar-refractivity contribution in [1.82, 2.24) is 5.43 Å². The van der Waals surface area contributed by atoms with Crippen molar-refractivity contribution in [3.8, 4) is 5.75 Å². The molecule has 0 aromatic heterocycles. The van der Waals surface area contributed by atoms with Crippen molar-refractivity contribution in [2.24, 2.45) is 5.10 Å². The van der Waals surface area contributed by atoms with E-state index in [4.69, 9.17) is 5.11 Å². The number of aromatic hydroxyl groups is 1. The van der Waals surface area contributed by atoms with Crippen LogP contribution in [0.25, 0.3) is 0 Å². The molecule has 4 heteroatoms. The zero-order chi connectivity index (χ0) is 13.7. The Morgan fingerprint density at radius 3 is 2.63 bits per heavy atom. The van der Waals surface area contributed by atoms with Gasteiger partial charge in [0, 0.05) is 5.56 Å². The van der Waals surface area contributed by atoms with Crippen molar-refractivity contribution in [1.29, 1.82) is 0 Å². The summed E-state index contributed by atoms with van der Waals surface area (Å²) in [5.41, 5.74) is 4.93. The van der Waals surface area contributed by atoms with Gasteiger partial charge in [0.15, 0.2) is 0 Å². The molecule has 19 heavy (non-hydrogen) atoms. The van der Waals surface area contributed by atoms with E-state index < -0.39 is 0 Å². The van der Waals surface area contributed by atoms with Crippen LogP contribution in [0, 0.1) is 6.92 Å². The minimum Gasteiger partial charge on any atom is -0.508 e. The van der Waals surface area contributed by atoms with E-state index in [0.29, 0.717) is 5.56 Å². The number of hydrogen-bond acceptors (Lipinski definition) is 3. The van der Waals surface area contributed by atoms with E-state index in [2.05, 4.69) is 10.5 Å². The molecular weight excluding hydrogens is 240 g/mol. The molecule has 0 aliphatic carbocycles. The highest BCUT2D eigenvalue weighted by molar-refractivity contribution is 5.94. The third-order valence-electron chi connectivity index (χ3n) is 2.55. The van der Waals surface area contributed by atoms with Crippen LogP contribution in [-0.4, -0.2) is 17.2 Å². The van der Waals surface area contributed by atoms with E-state index in [0.717, 1.165) is 11.1 Å². The SMILES string of the molecule is Cc1cccc(/C=N/NC(=O)c2ccc(O)cc2)c1. The van der Waals surface area contributed by atoms with Crippen molar-refractivity contribution in [2.75, 3.05) is 0 Å². The van der Waals surface area contributed by atoms with Crippen molar-refractivity contribution in [3.05, 3.63) is 65.2 Å². The summed E-state index contributed by atoms with van der Waals surface area (Å²) < 4.78 is 0. The van der Waals surface area contributed by atoms with Gasteiger partial charge in [-0.1, -0.05) is 29.8 Å².